The lowest BCUT2D eigenvalue weighted by molar-refractivity contribution is -0.134. The SMILES string of the molecule is NC(=O)CONC(=O)/C=C/c1ccc2c(c1)CCO2. The van der Waals surface area contributed by atoms with Gasteiger partial charge in [0.1, 0.15) is 5.75 Å². The monoisotopic (exact) mass is 262 g/mol. The molecule has 0 fully saturated rings. The third kappa shape index (κ3) is 3.82. The van der Waals surface area contributed by atoms with E-state index in [1.807, 2.05) is 18.2 Å². The Labute approximate surface area is 110 Å². The summed E-state index contributed by atoms with van der Waals surface area (Å²) in [7, 11) is 0. The van der Waals surface area contributed by atoms with Crippen molar-refractivity contribution >= 4 is 17.9 Å². The second kappa shape index (κ2) is 6.01. The fraction of sp³-hybridized carbons (Fsp3) is 0.231. The number of nitrogens with two attached hydrogens (primary N) is 1. The van der Waals surface area contributed by atoms with Gasteiger partial charge in [0, 0.05) is 12.5 Å². The Bertz CT molecular complexity index is 525. The van der Waals surface area contributed by atoms with Gasteiger partial charge in [-0.05, 0) is 29.3 Å². The molecule has 1 aromatic rings. The third-order valence-electron chi connectivity index (χ3n) is 2.53. The third-order valence-corrected chi connectivity index (χ3v) is 2.53. The number of rotatable bonds is 5. The van der Waals surface area contributed by atoms with Gasteiger partial charge >= 0.3 is 0 Å². The van der Waals surface area contributed by atoms with Crippen molar-refractivity contribution in [3.8, 4) is 5.75 Å². The molecule has 0 aromatic heterocycles. The highest BCUT2D eigenvalue weighted by atomic mass is 16.7. The molecule has 0 bridgehead atoms. The second-order valence-electron chi connectivity index (χ2n) is 4.02. The molecule has 2 rings (SSSR count). The Hall–Kier alpha value is -2.34. The molecule has 6 heteroatoms. The van der Waals surface area contributed by atoms with Crippen molar-refractivity contribution in [2.45, 2.75) is 6.42 Å². The maximum atomic E-state index is 11.3. The van der Waals surface area contributed by atoms with E-state index in [1.54, 1.807) is 6.08 Å². The zero-order valence-electron chi connectivity index (χ0n) is 10.2. The highest BCUT2D eigenvalue weighted by molar-refractivity contribution is 5.91. The summed E-state index contributed by atoms with van der Waals surface area (Å²) in [5, 5.41) is 0. The lowest BCUT2D eigenvalue weighted by Gasteiger charge is -2.01. The summed E-state index contributed by atoms with van der Waals surface area (Å²) in [6.45, 7) is 0.347. The molecule has 19 heavy (non-hydrogen) atoms. The Kier molecular flexibility index (Phi) is 4.15. The smallest absolute Gasteiger partial charge is 0.267 e. The van der Waals surface area contributed by atoms with Gasteiger partial charge in [-0.3, -0.25) is 14.4 Å². The van der Waals surface area contributed by atoms with Crippen LogP contribution in [0.15, 0.2) is 24.3 Å². The largest absolute Gasteiger partial charge is 0.493 e. The van der Waals surface area contributed by atoms with E-state index < -0.39 is 11.8 Å². The lowest BCUT2D eigenvalue weighted by Crippen LogP contribution is -2.28. The van der Waals surface area contributed by atoms with Crippen molar-refractivity contribution < 1.29 is 19.2 Å². The molecule has 0 radical (unpaired) electrons. The second-order valence-corrected chi connectivity index (χ2v) is 4.02. The molecule has 3 N–H and O–H groups in total. The van der Waals surface area contributed by atoms with Crippen molar-refractivity contribution in [1.29, 1.82) is 0 Å². The summed E-state index contributed by atoms with van der Waals surface area (Å²) < 4.78 is 5.39. The van der Waals surface area contributed by atoms with Gasteiger partial charge in [-0.2, -0.15) is 0 Å². The predicted octanol–water partition coefficient (Wildman–Crippen LogP) is 0.168. The van der Waals surface area contributed by atoms with Gasteiger partial charge in [-0.25, -0.2) is 5.48 Å². The molecule has 1 aromatic carbocycles. The van der Waals surface area contributed by atoms with Crippen LogP contribution in [0.2, 0.25) is 0 Å². The van der Waals surface area contributed by atoms with E-state index >= 15 is 0 Å². The Morgan fingerprint density at radius 2 is 2.32 bits per heavy atom. The van der Waals surface area contributed by atoms with Gasteiger partial charge in [-0.15, -0.1) is 0 Å². The first-order chi connectivity index (χ1) is 9.15. The van der Waals surface area contributed by atoms with Crippen LogP contribution in [-0.2, 0) is 20.8 Å². The van der Waals surface area contributed by atoms with Gasteiger partial charge in [0.15, 0.2) is 6.61 Å². The van der Waals surface area contributed by atoms with Crippen molar-refractivity contribution in [3.05, 3.63) is 35.4 Å². The maximum absolute atomic E-state index is 11.3. The molecular formula is C13H14N2O4. The Balaban J connectivity index is 1.88. The average molecular weight is 262 g/mol. The normalized spacial score (nSPS) is 13.1. The number of primary amides is 1. The summed E-state index contributed by atoms with van der Waals surface area (Å²) in [6.07, 6.45) is 3.85. The van der Waals surface area contributed by atoms with Gasteiger partial charge < -0.3 is 10.5 Å². The predicted molar refractivity (Wildman–Crippen MR) is 68.0 cm³/mol. The molecule has 0 spiro atoms. The van der Waals surface area contributed by atoms with E-state index in [-0.39, 0.29) is 6.61 Å². The number of carbonyl (C=O) groups is 2. The highest BCUT2D eigenvalue weighted by Gasteiger charge is 2.11. The summed E-state index contributed by atoms with van der Waals surface area (Å²) in [5.41, 5.74) is 8.97. The summed E-state index contributed by atoms with van der Waals surface area (Å²) in [5.74, 6) is -0.215. The standard InChI is InChI=1S/C13H14N2O4/c14-12(16)8-19-15-13(17)4-2-9-1-3-11-10(7-9)5-6-18-11/h1-4,7H,5-6,8H2,(H2,14,16)(H,15,17)/b4-2+. The van der Waals surface area contributed by atoms with Crippen LogP contribution >= 0.6 is 0 Å². The number of fused-ring (bicyclic) bond motifs is 1. The molecule has 0 unspecified atom stereocenters. The fourth-order valence-electron chi connectivity index (χ4n) is 1.69. The van der Waals surface area contributed by atoms with E-state index in [9.17, 15) is 9.59 Å². The van der Waals surface area contributed by atoms with Crippen molar-refractivity contribution in [3.63, 3.8) is 0 Å². The first-order valence-corrected chi connectivity index (χ1v) is 5.79. The molecule has 0 saturated carbocycles. The minimum absolute atomic E-state index is 0.351. The summed E-state index contributed by atoms with van der Waals surface area (Å²) in [6, 6.07) is 5.71. The van der Waals surface area contributed by atoms with Crippen LogP contribution in [0, 0.1) is 0 Å². The molecule has 0 saturated heterocycles. The van der Waals surface area contributed by atoms with Crippen LogP contribution < -0.4 is 16.0 Å². The highest BCUT2D eigenvalue weighted by Crippen LogP contribution is 2.26. The molecule has 100 valence electrons. The zero-order valence-corrected chi connectivity index (χ0v) is 10.2. The van der Waals surface area contributed by atoms with Crippen molar-refractivity contribution in [1.82, 2.24) is 5.48 Å². The van der Waals surface area contributed by atoms with E-state index in [1.165, 1.54) is 6.08 Å². The van der Waals surface area contributed by atoms with Crippen LogP contribution in [-0.4, -0.2) is 25.0 Å². The van der Waals surface area contributed by atoms with Crippen LogP contribution in [0.4, 0.5) is 0 Å². The van der Waals surface area contributed by atoms with Crippen LogP contribution in [0.25, 0.3) is 6.08 Å². The van der Waals surface area contributed by atoms with E-state index in [0.29, 0.717) is 6.61 Å². The fourth-order valence-corrected chi connectivity index (χ4v) is 1.69. The Morgan fingerprint density at radius 1 is 1.47 bits per heavy atom. The minimum Gasteiger partial charge on any atom is -0.493 e. The van der Waals surface area contributed by atoms with Gasteiger partial charge in [0.05, 0.1) is 6.61 Å². The van der Waals surface area contributed by atoms with Gasteiger partial charge in [-0.1, -0.05) is 6.07 Å². The molecular weight excluding hydrogens is 248 g/mol. The zero-order chi connectivity index (χ0) is 13.7. The van der Waals surface area contributed by atoms with Crippen molar-refractivity contribution in [2.24, 2.45) is 5.73 Å². The molecule has 0 aliphatic carbocycles. The molecule has 1 heterocycles. The first kappa shape index (κ1) is 13.1. The number of carbonyl (C=O) groups excluding carboxylic acids is 2. The number of hydrogen-bond acceptors (Lipinski definition) is 4. The number of ether oxygens (including phenoxy) is 1. The quantitative estimate of drug-likeness (QED) is 0.584. The maximum Gasteiger partial charge on any atom is 0.267 e. The van der Waals surface area contributed by atoms with Crippen LogP contribution in [0.5, 0.6) is 5.75 Å². The van der Waals surface area contributed by atoms with Gasteiger partial charge in [0.2, 0.25) is 5.91 Å². The summed E-state index contributed by atoms with van der Waals surface area (Å²) in [4.78, 5) is 26.3. The lowest BCUT2D eigenvalue weighted by atomic mass is 10.1. The van der Waals surface area contributed by atoms with E-state index in [4.69, 9.17) is 10.5 Å². The van der Waals surface area contributed by atoms with Gasteiger partial charge in [0.25, 0.3) is 5.91 Å². The summed E-state index contributed by atoms with van der Waals surface area (Å²) >= 11 is 0. The van der Waals surface area contributed by atoms with Crippen LogP contribution in [0.1, 0.15) is 11.1 Å². The number of amides is 2. The van der Waals surface area contributed by atoms with E-state index in [2.05, 4.69) is 10.3 Å². The van der Waals surface area contributed by atoms with Crippen LogP contribution in [0.3, 0.4) is 0 Å². The number of hydrogen-bond donors (Lipinski definition) is 2. The minimum atomic E-state index is -0.650. The first-order valence-electron chi connectivity index (χ1n) is 5.79. The van der Waals surface area contributed by atoms with E-state index in [0.717, 1.165) is 23.3 Å². The molecule has 0 atom stereocenters. The average Bonchev–Trinajstić information content (AvgIpc) is 2.83. The molecule has 1 aliphatic rings. The number of benzene rings is 1. The number of hydroxylamine groups is 1. The number of nitrogens with one attached hydrogen (secondary N) is 1. The van der Waals surface area contributed by atoms with Crippen molar-refractivity contribution in [2.75, 3.05) is 13.2 Å². The molecule has 1 aliphatic heterocycles. The molecule has 6 nitrogen and oxygen atoms in total. The Morgan fingerprint density at radius 3 is 3.11 bits per heavy atom. The topological polar surface area (TPSA) is 90.7 Å². The molecule has 2 amide bonds.